The van der Waals surface area contributed by atoms with Crippen LogP contribution >= 0.6 is 25.3 Å². The maximum Gasteiger partial charge on any atom is 0.188 e. The first-order valence-electron chi connectivity index (χ1n) is 7.85. The average molecular weight is 314 g/mol. The summed E-state index contributed by atoms with van der Waals surface area (Å²) in [5, 5.41) is 0.930. The molecule has 0 amide bonds. The lowest BCUT2D eigenvalue weighted by atomic mass is 10.1. The summed E-state index contributed by atoms with van der Waals surface area (Å²) in [5.74, 6) is 0.814. The first-order valence-corrected chi connectivity index (χ1v) is 8.74. The van der Waals surface area contributed by atoms with Gasteiger partial charge in [-0.05, 0) is 6.42 Å². The Morgan fingerprint density at radius 2 is 1.10 bits per heavy atom. The van der Waals surface area contributed by atoms with Crippen LogP contribution in [0, 0.1) is 0 Å². The van der Waals surface area contributed by atoms with Crippen molar-refractivity contribution < 1.29 is 0 Å². The van der Waals surface area contributed by atoms with E-state index in [-0.39, 0.29) is 0 Å². The Hall–Kier alpha value is -0.290. The van der Waals surface area contributed by atoms with E-state index in [0.29, 0.717) is 10.3 Å². The molecule has 1 aromatic heterocycles. The van der Waals surface area contributed by atoms with E-state index >= 15 is 0 Å². The normalized spacial score (nSPS) is 10.9. The van der Waals surface area contributed by atoms with Gasteiger partial charge in [-0.2, -0.15) is 4.98 Å². The lowest BCUT2D eigenvalue weighted by Crippen LogP contribution is -1.99. The van der Waals surface area contributed by atoms with Crippen molar-refractivity contribution in [3.63, 3.8) is 0 Å². The zero-order valence-electron chi connectivity index (χ0n) is 12.5. The number of nitrogens with zero attached hydrogens (tertiary/aromatic N) is 3. The summed E-state index contributed by atoms with van der Waals surface area (Å²) >= 11 is 8.28. The zero-order valence-corrected chi connectivity index (χ0v) is 14.3. The van der Waals surface area contributed by atoms with Gasteiger partial charge in [-0.1, -0.05) is 64.7 Å². The minimum absolute atomic E-state index is 0.465. The molecule has 0 aliphatic rings. The summed E-state index contributed by atoms with van der Waals surface area (Å²) in [5.41, 5.74) is 0. The summed E-state index contributed by atoms with van der Waals surface area (Å²) in [7, 11) is 0. The van der Waals surface area contributed by atoms with Crippen molar-refractivity contribution in [1.29, 1.82) is 0 Å². The molecule has 0 aliphatic carbocycles. The van der Waals surface area contributed by atoms with Crippen molar-refractivity contribution in [3.05, 3.63) is 5.82 Å². The standard InChI is InChI=1S/C15H27N3S2/c1-2-3-4-5-6-7-8-9-10-11-12-13-16-14(19)18-15(20)17-13/h2-12H2,1H3,(H2,16,17,18,19,20). The van der Waals surface area contributed by atoms with E-state index in [0.717, 1.165) is 18.7 Å². The zero-order chi connectivity index (χ0) is 14.6. The van der Waals surface area contributed by atoms with E-state index in [1.54, 1.807) is 0 Å². The molecule has 1 heterocycles. The number of hydrogen-bond acceptors (Lipinski definition) is 5. The average Bonchev–Trinajstić information content (AvgIpc) is 2.40. The molecule has 114 valence electrons. The summed E-state index contributed by atoms with van der Waals surface area (Å²) < 4.78 is 0. The fourth-order valence-electron chi connectivity index (χ4n) is 2.28. The van der Waals surface area contributed by atoms with Crippen molar-refractivity contribution >= 4 is 25.3 Å². The van der Waals surface area contributed by atoms with Crippen LogP contribution < -0.4 is 0 Å². The second-order valence-corrected chi connectivity index (χ2v) is 6.08. The van der Waals surface area contributed by atoms with Crippen molar-refractivity contribution in [2.24, 2.45) is 0 Å². The smallest absolute Gasteiger partial charge is 0.188 e. The van der Waals surface area contributed by atoms with E-state index < -0.39 is 0 Å². The van der Waals surface area contributed by atoms with Gasteiger partial charge in [0.2, 0.25) is 0 Å². The highest BCUT2D eigenvalue weighted by Gasteiger charge is 2.01. The molecule has 0 N–H and O–H groups in total. The molecule has 0 fully saturated rings. The molecular formula is C15H27N3S2. The molecule has 1 aromatic rings. The Morgan fingerprint density at radius 3 is 1.60 bits per heavy atom. The Morgan fingerprint density at radius 1 is 0.650 bits per heavy atom. The quantitative estimate of drug-likeness (QED) is 0.450. The number of hydrogen-bond donors (Lipinski definition) is 2. The highest BCUT2D eigenvalue weighted by atomic mass is 32.1. The summed E-state index contributed by atoms with van der Waals surface area (Å²) in [6, 6.07) is 0. The lowest BCUT2D eigenvalue weighted by Gasteiger charge is -2.03. The third-order valence-electron chi connectivity index (χ3n) is 3.41. The SMILES string of the molecule is CCCCCCCCCCCCc1nc(S)nc(S)n1. The van der Waals surface area contributed by atoms with Gasteiger partial charge in [0, 0.05) is 6.42 Å². The van der Waals surface area contributed by atoms with Crippen LogP contribution in [0.1, 0.15) is 77.0 Å². The molecule has 0 atom stereocenters. The third kappa shape index (κ3) is 8.80. The van der Waals surface area contributed by atoms with Gasteiger partial charge >= 0.3 is 0 Å². The van der Waals surface area contributed by atoms with Gasteiger partial charge in [0.1, 0.15) is 5.82 Å². The maximum atomic E-state index is 4.20. The number of aryl methyl sites for hydroxylation is 1. The van der Waals surface area contributed by atoms with Crippen LogP contribution in [0.2, 0.25) is 0 Å². The van der Waals surface area contributed by atoms with Gasteiger partial charge in [0.05, 0.1) is 0 Å². The molecule has 0 bridgehead atoms. The fourth-order valence-corrected chi connectivity index (χ4v) is 2.78. The van der Waals surface area contributed by atoms with E-state index in [9.17, 15) is 0 Å². The van der Waals surface area contributed by atoms with Crippen LogP contribution in [0.15, 0.2) is 10.3 Å². The minimum Gasteiger partial charge on any atom is -0.207 e. The molecule has 20 heavy (non-hydrogen) atoms. The molecule has 0 spiro atoms. The Labute approximate surface area is 134 Å². The van der Waals surface area contributed by atoms with Gasteiger partial charge in [0.15, 0.2) is 10.3 Å². The number of rotatable bonds is 11. The molecule has 0 unspecified atom stereocenters. The van der Waals surface area contributed by atoms with Gasteiger partial charge in [-0.3, -0.25) is 0 Å². The van der Waals surface area contributed by atoms with Crippen LogP contribution in [-0.2, 0) is 6.42 Å². The molecule has 0 saturated heterocycles. The lowest BCUT2D eigenvalue weighted by molar-refractivity contribution is 0.552. The van der Waals surface area contributed by atoms with Crippen LogP contribution in [-0.4, -0.2) is 15.0 Å². The minimum atomic E-state index is 0.465. The van der Waals surface area contributed by atoms with Crippen LogP contribution in [0.5, 0.6) is 0 Å². The predicted molar refractivity (Wildman–Crippen MR) is 89.9 cm³/mol. The van der Waals surface area contributed by atoms with Crippen LogP contribution in [0.4, 0.5) is 0 Å². The van der Waals surface area contributed by atoms with Gasteiger partial charge < -0.3 is 0 Å². The predicted octanol–water partition coefficient (Wildman–Crippen LogP) is 4.91. The molecule has 0 aromatic carbocycles. The highest BCUT2D eigenvalue weighted by molar-refractivity contribution is 7.80. The topological polar surface area (TPSA) is 38.7 Å². The Bertz CT molecular complexity index is 352. The van der Waals surface area contributed by atoms with E-state index in [2.05, 4.69) is 47.1 Å². The largest absolute Gasteiger partial charge is 0.207 e. The molecule has 0 aliphatic heterocycles. The van der Waals surface area contributed by atoms with Crippen molar-refractivity contribution in [1.82, 2.24) is 15.0 Å². The summed E-state index contributed by atoms with van der Waals surface area (Å²) in [6.45, 7) is 2.26. The molecule has 0 radical (unpaired) electrons. The fraction of sp³-hybridized carbons (Fsp3) is 0.800. The van der Waals surface area contributed by atoms with E-state index in [1.165, 1.54) is 57.8 Å². The van der Waals surface area contributed by atoms with Gasteiger partial charge in [0.25, 0.3) is 0 Å². The summed E-state index contributed by atoms with van der Waals surface area (Å²) in [6.07, 6.45) is 14.3. The Balaban J connectivity index is 1.97. The van der Waals surface area contributed by atoms with Crippen molar-refractivity contribution in [2.45, 2.75) is 87.9 Å². The molecule has 1 rings (SSSR count). The second kappa shape index (κ2) is 11.4. The highest BCUT2D eigenvalue weighted by Crippen LogP contribution is 2.12. The van der Waals surface area contributed by atoms with Gasteiger partial charge in [-0.25, -0.2) is 9.97 Å². The Kier molecular flexibility index (Phi) is 10.1. The summed E-state index contributed by atoms with van der Waals surface area (Å²) in [4.78, 5) is 12.3. The van der Waals surface area contributed by atoms with E-state index in [4.69, 9.17) is 0 Å². The molecule has 3 nitrogen and oxygen atoms in total. The maximum absolute atomic E-state index is 4.20. The van der Waals surface area contributed by atoms with Gasteiger partial charge in [-0.15, -0.1) is 25.3 Å². The van der Waals surface area contributed by atoms with Crippen LogP contribution in [0.25, 0.3) is 0 Å². The van der Waals surface area contributed by atoms with Crippen molar-refractivity contribution in [2.75, 3.05) is 0 Å². The third-order valence-corrected chi connectivity index (χ3v) is 3.81. The second-order valence-electron chi connectivity index (χ2n) is 5.28. The molecular weight excluding hydrogens is 286 g/mol. The first-order chi connectivity index (χ1) is 9.72. The molecule has 5 heteroatoms. The number of aromatic nitrogens is 3. The van der Waals surface area contributed by atoms with E-state index in [1.807, 2.05) is 0 Å². The monoisotopic (exact) mass is 313 g/mol. The van der Waals surface area contributed by atoms with Crippen LogP contribution in [0.3, 0.4) is 0 Å². The van der Waals surface area contributed by atoms with Crippen molar-refractivity contribution in [3.8, 4) is 0 Å². The number of thiol groups is 2. The first kappa shape index (κ1) is 17.8. The number of unbranched alkanes of at least 4 members (excludes halogenated alkanes) is 9. The molecule has 0 saturated carbocycles.